The molecule has 2 atom stereocenters. The van der Waals surface area contributed by atoms with E-state index in [4.69, 9.17) is 11.6 Å². The molecule has 0 amide bonds. The average molecular weight is 369 g/mol. The Kier molecular flexibility index (Phi) is 8.39. The standard InChI is InChI=1S/C19H29ClN2O3/c1-14(2)7-5-8-15(3)9-6-10-19(4,20)17(23)11-16-12-18(21-13-16)22(24)25/h7,9,12-13,17,21,23H,5-6,8,10-11H2,1-4H3/t17-,19-/m1/s1. The maximum Gasteiger partial charge on any atom is 0.321 e. The summed E-state index contributed by atoms with van der Waals surface area (Å²) in [6.45, 7) is 8.11. The van der Waals surface area contributed by atoms with Gasteiger partial charge in [-0.3, -0.25) is 0 Å². The zero-order chi connectivity index (χ0) is 19.0. The van der Waals surface area contributed by atoms with E-state index in [2.05, 4.69) is 37.9 Å². The number of allylic oxidation sites excluding steroid dienone is 4. The van der Waals surface area contributed by atoms with Crippen molar-refractivity contribution in [3.05, 3.63) is 51.2 Å². The molecule has 0 radical (unpaired) electrons. The summed E-state index contributed by atoms with van der Waals surface area (Å²) in [7, 11) is 0. The van der Waals surface area contributed by atoms with Crippen molar-refractivity contribution < 1.29 is 10.0 Å². The summed E-state index contributed by atoms with van der Waals surface area (Å²) in [5.74, 6) is -0.0756. The van der Waals surface area contributed by atoms with Gasteiger partial charge in [0.2, 0.25) is 0 Å². The number of nitro groups is 1. The summed E-state index contributed by atoms with van der Waals surface area (Å²) in [4.78, 5) is 12.0. The Bertz CT molecular complexity index is 628. The van der Waals surface area contributed by atoms with Crippen molar-refractivity contribution in [3.63, 3.8) is 0 Å². The molecule has 1 rings (SSSR count). The molecule has 25 heavy (non-hydrogen) atoms. The van der Waals surface area contributed by atoms with E-state index in [0.717, 1.165) is 19.3 Å². The number of H-pyrrole nitrogens is 1. The molecule has 1 aromatic heterocycles. The van der Waals surface area contributed by atoms with Crippen molar-refractivity contribution in [2.24, 2.45) is 0 Å². The highest BCUT2D eigenvalue weighted by Crippen LogP contribution is 2.29. The number of aliphatic hydroxyl groups is 1. The normalized spacial score (nSPS) is 15.5. The van der Waals surface area contributed by atoms with Gasteiger partial charge < -0.3 is 15.2 Å². The summed E-state index contributed by atoms with van der Waals surface area (Å²) >= 11 is 6.50. The van der Waals surface area contributed by atoms with E-state index in [1.165, 1.54) is 17.2 Å². The highest BCUT2D eigenvalue weighted by Gasteiger charge is 2.30. The highest BCUT2D eigenvalue weighted by atomic mass is 35.5. The van der Waals surface area contributed by atoms with Gasteiger partial charge in [-0.05, 0) is 58.3 Å². The third-order valence-electron chi connectivity index (χ3n) is 4.27. The molecule has 0 aromatic carbocycles. The van der Waals surface area contributed by atoms with Crippen molar-refractivity contribution in [2.45, 2.75) is 70.8 Å². The van der Waals surface area contributed by atoms with E-state index < -0.39 is 15.9 Å². The van der Waals surface area contributed by atoms with Crippen molar-refractivity contribution in [3.8, 4) is 0 Å². The Morgan fingerprint density at radius 1 is 1.40 bits per heavy atom. The number of nitrogens with one attached hydrogen (secondary N) is 1. The molecule has 1 heterocycles. The molecule has 0 saturated heterocycles. The van der Waals surface area contributed by atoms with Crippen LogP contribution in [-0.2, 0) is 6.42 Å². The lowest BCUT2D eigenvalue weighted by Gasteiger charge is -2.27. The van der Waals surface area contributed by atoms with Gasteiger partial charge in [0.15, 0.2) is 0 Å². The van der Waals surface area contributed by atoms with Gasteiger partial charge in [0.25, 0.3) is 0 Å². The van der Waals surface area contributed by atoms with Crippen molar-refractivity contribution in [1.82, 2.24) is 4.98 Å². The lowest BCUT2D eigenvalue weighted by molar-refractivity contribution is -0.389. The van der Waals surface area contributed by atoms with Gasteiger partial charge in [-0.1, -0.05) is 23.3 Å². The van der Waals surface area contributed by atoms with Crippen LogP contribution in [-0.4, -0.2) is 26.0 Å². The summed E-state index contributed by atoms with van der Waals surface area (Å²) < 4.78 is 0. The lowest BCUT2D eigenvalue weighted by Crippen LogP contribution is -2.35. The molecule has 140 valence electrons. The van der Waals surface area contributed by atoms with E-state index in [9.17, 15) is 15.2 Å². The molecule has 0 fully saturated rings. The molecule has 2 N–H and O–H groups in total. The van der Waals surface area contributed by atoms with Crippen LogP contribution in [0.1, 0.15) is 58.9 Å². The molecule has 6 heteroatoms. The molecule has 0 aliphatic carbocycles. The first-order valence-electron chi connectivity index (χ1n) is 8.59. The summed E-state index contributed by atoms with van der Waals surface area (Å²) in [6.07, 6.45) is 8.96. The number of hydrogen-bond donors (Lipinski definition) is 2. The first kappa shape index (κ1) is 21.5. The Morgan fingerprint density at radius 3 is 2.64 bits per heavy atom. The number of aliphatic hydroxyl groups excluding tert-OH is 1. The predicted octanol–water partition coefficient (Wildman–Crippen LogP) is 5.30. The largest absolute Gasteiger partial charge is 0.391 e. The number of alkyl halides is 1. The van der Waals surface area contributed by atoms with Crippen LogP contribution in [0.3, 0.4) is 0 Å². The number of nitrogens with zero attached hydrogens (tertiary/aromatic N) is 1. The van der Waals surface area contributed by atoms with E-state index in [1.807, 2.05) is 6.92 Å². The lowest BCUT2D eigenvalue weighted by atomic mass is 9.93. The smallest absolute Gasteiger partial charge is 0.321 e. The van der Waals surface area contributed by atoms with E-state index >= 15 is 0 Å². The Morgan fingerprint density at radius 2 is 2.08 bits per heavy atom. The van der Waals surface area contributed by atoms with Gasteiger partial charge in [0, 0.05) is 18.1 Å². The molecule has 0 saturated carbocycles. The number of halogens is 1. The summed E-state index contributed by atoms with van der Waals surface area (Å²) in [6, 6.07) is 1.43. The SMILES string of the molecule is CC(C)=CCCC(C)=CCC[C@@](C)(Cl)[C@H](O)Cc1c[nH]c([N+](=O)[O-])c1. The van der Waals surface area contributed by atoms with Crippen LogP contribution in [0.15, 0.2) is 35.6 Å². The zero-order valence-corrected chi connectivity index (χ0v) is 16.3. The molecule has 0 bridgehead atoms. The van der Waals surface area contributed by atoms with E-state index in [0.29, 0.717) is 12.0 Å². The number of hydrogen-bond acceptors (Lipinski definition) is 3. The average Bonchev–Trinajstić information content (AvgIpc) is 2.95. The topological polar surface area (TPSA) is 79.2 Å². The minimum Gasteiger partial charge on any atom is -0.391 e. The van der Waals surface area contributed by atoms with Gasteiger partial charge >= 0.3 is 5.82 Å². The van der Waals surface area contributed by atoms with Gasteiger partial charge in [-0.15, -0.1) is 11.6 Å². The Balaban J connectivity index is 2.49. The Labute approximate surface area is 154 Å². The summed E-state index contributed by atoms with van der Waals surface area (Å²) in [5, 5.41) is 21.1. The van der Waals surface area contributed by atoms with Crippen LogP contribution >= 0.6 is 11.6 Å². The minimum atomic E-state index is -0.775. The second-order valence-corrected chi connectivity index (χ2v) is 7.92. The van der Waals surface area contributed by atoms with Crippen LogP contribution in [0.5, 0.6) is 0 Å². The molecular weight excluding hydrogens is 340 g/mol. The molecule has 0 aliphatic rings. The monoisotopic (exact) mass is 368 g/mol. The maximum absolute atomic E-state index is 10.7. The van der Waals surface area contributed by atoms with Crippen LogP contribution in [0.2, 0.25) is 0 Å². The van der Waals surface area contributed by atoms with Gasteiger partial charge in [0.05, 0.1) is 17.2 Å². The molecule has 1 aromatic rings. The van der Waals surface area contributed by atoms with Crippen LogP contribution in [0, 0.1) is 10.1 Å². The number of rotatable bonds is 10. The third-order valence-corrected chi connectivity index (χ3v) is 4.71. The number of aromatic nitrogens is 1. The van der Waals surface area contributed by atoms with Gasteiger partial charge in [0.1, 0.15) is 0 Å². The zero-order valence-electron chi connectivity index (χ0n) is 15.5. The first-order chi connectivity index (χ1) is 11.6. The predicted molar refractivity (Wildman–Crippen MR) is 103 cm³/mol. The molecule has 0 spiro atoms. The van der Waals surface area contributed by atoms with Gasteiger partial charge in [-0.25, -0.2) is 4.98 Å². The minimum absolute atomic E-state index is 0.0756. The molecule has 0 aliphatic heterocycles. The third kappa shape index (κ3) is 7.88. The van der Waals surface area contributed by atoms with Crippen LogP contribution in [0.25, 0.3) is 0 Å². The quantitative estimate of drug-likeness (QED) is 0.254. The first-order valence-corrected chi connectivity index (χ1v) is 8.97. The maximum atomic E-state index is 10.7. The molecular formula is C19H29ClN2O3. The van der Waals surface area contributed by atoms with Crippen molar-refractivity contribution in [2.75, 3.05) is 0 Å². The molecule has 5 nitrogen and oxygen atoms in total. The fourth-order valence-electron chi connectivity index (χ4n) is 2.54. The van der Waals surface area contributed by atoms with Gasteiger partial charge in [-0.2, -0.15) is 0 Å². The second-order valence-electron chi connectivity index (χ2n) is 7.06. The van der Waals surface area contributed by atoms with E-state index in [-0.39, 0.29) is 12.2 Å². The fraction of sp³-hybridized carbons (Fsp3) is 0.579. The second kappa shape index (κ2) is 9.78. The fourth-order valence-corrected chi connectivity index (χ4v) is 2.73. The summed E-state index contributed by atoms with van der Waals surface area (Å²) in [5.41, 5.74) is 3.33. The van der Waals surface area contributed by atoms with Crippen molar-refractivity contribution >= 4 is 17.4 Å². The van der Waals surface area contributed by atoms with E-state index in [1.54, 1.807) is 6.20 Å². The van der Waals surface area contributed by atoms with Crippen LogP contribution < -0.4 is 0 Å². The highest BCUT2D eigenvalue weighted by molar-refractivity contribution is 6.24. The van der Waals surface area contributed by atoms with Crippen LogP contribution in [0.4, 0.5) is 5.82 Å². The molecule has 0 unspecified atom stereocenters. The van der Waals surface area contributed by atoms with Crippen molar-refractivity contribution in [1.29, 1.82) is 0 Å². The Hall–Kier alpha value is -1.59. The number of aromatic amines is 1.